The van der Waals surface area contributed by atoms with Gasteiger partial charge in [0.2, 0.25) is 11.7 Å². The number of anilines is 1. The molecule has 1 amide bonds. The van der Waals surface area contributed by atoms with Gasteiger partial charge in [0.25, 0.3) is 11.8 Å². The number of carbonyl (C=O) groups excluding carboxylic acids is 1. The molecule has 7 nitrogen and oxygen atoms in total. The van der Waals surface area contributed by atoms with Crippen molar-refractivity contribution in [1.29, 1.82) is 0 Å². The lowest BCUT2D eigenvalue weighted by molar-refractivity contribution is -0.119. The van der Waals surface area contributed by atoms with Gasteiger partial charge < -0.3 is 24.4 Å². The lowest BCUT2D eigenvalue weighted by Gasteiger charge is -2.22. The molecule has 0 radical (unpaired) electrons. The van der Waals surface area contributed by atoms with Crippen LogP contribution in [-0.4, -0.2) is 49.7 Å². The number of hydrogen-bond donors (Lipinski definition) is 1. The van der Waals surface area contributed by atoms with Crippen molar-refractivity contribution < 1.29 is 27.8 Å². The zero-order valence-corrected chi connectivity index (χ0v) is 19.0. The summed E-state index contributed by atoms with van der Waals surface area (Å²) in [6, 6.07) is 9.47. The summed E-state index contributed by atoms with van der Waals surface area (Å²) in [5, 5.41) is 2.86. The van der Waals surface area contributed by atoms with Crippen molar-refractivity contribution in [3.8, 4) is 17.4 Å². The smallest absolute Gasteiger partial charge is 0.259 e. The van der Waals surface area contributed by atoms with Crippen molar-refractivity contribution in [3.63, 3.8) is 0 Å². The number of benzene rings is 1. The summed E-state index contributed by atoms with van der Waals surface area (Å²) in [6.45, 7) is 4.75. The van der Waals surface area contributed by atoms with Crippen molar-refractivity contribution in [2.75, 3.05) is 31.7 Å². The van der Waals surface area contributed by atoms with E-state index in [1.807, 2.05) is 37.3 Å². The second-order valence-corrected chi connectivity index (χ2v) is 8.61. The summed E-state index contributed by atoms with van der Waals surface area (Å²) in [4.78, 5) is 17.5. The van der Waals surface area contributed by atoms with Gasteiger partial charge in [0.15, 0.2) is 0 Å². The van der Waals surface area contributed by atoms with Gasteiger partial charge in [0, 0.05) is 32.5 Å². The van der Waals surface area contributed by atoms with E-state index in [4.69, 9.17) is 14.2 Å². The molecule has 1 unspecified atom stereocenters. The van der Waals surface area contributed by atoms with Gasteiger partial charge in [0.1, 0.15) is 11.9 Å². The minimum Gasteiger partial charge on any atom is -0.490 e. The summed E-state index contributed by atoms with van der Waals surface area (Å²) in [7, 11) is 1.52. The largest absolute Gasteiger partial charge is 0.490 e. The summed E-state index contributed by atoms with van der Waals surface area (Å²) in [5.41, 5.74) is 1.80. The van der Waals surface area contributed by atoms with Gasteiger partial charge in [-0.05, 0) is 30.7 Å². The number of halogens is 2. The molecule has 1 saturated heterocycles. The first-order valence-electron chi connectivity index (χ1n) is 11.1. The predicted molar refractivity (Wildman–Crippen MR) is 119 cm³/mol. The van der Waals surface area contributed by atoms with Gasteiger partial charge in [-0.3, -0.25) is 4.79 Å². The van der Waals surface area contributed by atoms with Gasteiger partial charge in [-0.15, -0.1) is 0 Å². The third kappa shape index (κ3) is 5.46. The van der Waals surface area contributed by atoms with Gasteiger partial charge in [-0.1, -0.05) is 12.1 Å². The molecule has 0 spiro atoms. The third-order valence-electron chi connectivity index (χ3n) is 6.02. The van der Waals surface area contributed by atoms with Gasteiger partial charge >= 0.3 is 0 Å². The Hall–Kier alpha value is -3.10. The Morgan fingerprint density at radius 2 is 2.03 bits per heavy atom. The highest BCUT2D eigenvalue weighted by atomic mass is 19.3. The Morgan fingerprint density at radius 1 is 1.30 bits per heavy atom. The summed E-state index contributed by atoms with van der Waals surface area (Å²) >= 11 is 0. The van der Waals surface area contributed by atoms with Crippen LogP contribution in [0.2, 0.25) is 0 Å². The highest BCUT2D eigenvalue weighted by Gasteiger charge is 2.57. The molecule has 9 heteroatoms. The number of hydrogen-bond acceptors (Lipinski definition) is 6. The van der Waals surface area contributed by atoms with Gasteiger partial charge in [-0.25, -0.2) is 13.8 Å². The first-order valence-corrected chi connectivity index (χ1v) is 11.1. The maximum absolute atomic E-state index is 13.2. The number of methoxy groups -OCH3 is 1. The van der Waals surface area contributed by atoms with E-state index in [0.29, 0.717) is 12.3 Å². The number of ether oxygens (including phenoxy) is 3. The first kappa shape index (κ1) is 23.1. The minimum atomic E-state index is -2.63. The molecule has 2 aliphatic rings. The number of amides is 1. The van der Waals surface area contributed by atoms with E-state index >= 15 is 0 Å². The van der Waals surface area contributed by atoms with Gasteiger partial charge in [0.05, 0.1) is 37.9 Å². The van der Waals surface area contributed by atoms with E-state index in [0.717, 1.165) is 30.0 Å². The first-order chi connectivity index (χ1) is 15.8. The summed E-state index contributed by atoms with van der Waals surface area (Å²) in [5.74, 6) is -2.03. The maximum Gasteiger partial charge on any atom is 0.259 e. The fourth-order valence-corrected chi connectivity index (χ4v) is 4.05. The molecule has 1 aromatic heterocycles. The van der Waals surface area contributed by atoms with Crippen LogP contribution in [0.4, 0.5) is 14.5 Å². The average molecular weight is 462 g/mol. The van der Waals surface area contributed by atoms with E-state index in [9.17, 15) is 13.6 Å². The van der Waals surface area contributed by atoms with Crippen molar-refractivity contribution in [2.24, 2.45) is 5.92 Å². The van der Waals surface area contributed by atoms with Crippen molar-refractivity contribution in [3.05, 3.63) is 42.1 Å². The average Bonchev–Trinajstić information content (AvgIpc) is 3.16. The van der Waals surface area contributed by atoms with Crippen LogP contribution in [0, 0.1) is 5.92 Å². The van der Waals surface area contributed by atoms with Crippen molar-refractivity contribution in [2.45, 2.75) is 44.8 Å². The molecule has 1 saturated carbocycles. The van der Waals surface area contributed by atoms with E-state index in [1.165, 1.54) is 14.0 Å². The molecule has 4 rings (SSSR count). The molecule has 3 atom stereocenters. The molecule has 1 N–H and O–H groups in total. The number of aromatic nitrogens is 1. The predicted octanol–water partition coefficient (Wildman–Crippen LogP) is 3.98. The van der Waals surface area contributed by atoms with Crippen LogP contribution in [0.1, 0.15) is 38.3 Å². The Morgan fingerprint density at radius 3 is 2.67 bits per heavy atom. The highest BCUT2D eigenvalue weighted by Crippen LogP contribution is 2.49. The second-order valence-electron chi connectivity index (χ2n) is 8.61. The SMILES string of the molecule is COc1c(N2CC[C@@H](Oc3ccc([C@H](C)NC(C)=O)cc3)C2)ccnc1OCC1CC1(F)F. The zero-order chi connectivity index (χ0) is 23.6. The molecular formula is C24H29F2N3O4. The van der Waals surface area contributed by atoms with E-state index in [2.05, 4.69) is 15.2 Å². The standard InChI is InChI=1S/C24H29F2N3O4/c1-15(28-16(2)30)17-4-6-19(7-5-17)33-20-9-11-29(13-20)21-8-10-27-23(22(21)31-3)32-14-18-12-24(18,25)26/h4-8,10,15,18,20H,9,11-14H2,1-3H3,(H,28,30)/t15-,18?,20+/m0/s1. The van der Waals surface area contributed by atoms with Crippen LogP contribution in [0.5, 0.6) is 17.4 Å². The topological polar surface area (TPSA) is 72.9 Å². The van der Waals surface area contributed by atoms with Crippen LogP contribution in [0.3, 0.4) is 0 Å². The fourth-order valence-electron chi connectivity index (χ4n) is 4.05. The molecule has 2 heterocycles. The zero-order valence-electron chi connectivity index (χ0n) is 19.0. The van der Waals surface area contributed by atoms with Crippen LogP contribution < -0.4 is 24.4 Å². The number of pyridine rings is 1. The van der Waals surface area contributed by atoms with E-state index in [-0.39, 0.29) is 37.0 Å². The van der Waals surface area contributed by atoms with Crippen molar-refractivity contribution >= 4 is 11.6 Å². The number of nitrogens with zero attached hydrogens (tertiary/aromatic N) is 2. The van der Waals surface area contributed by atoms with Crippen LogP contribution >= 0.6 is 0 Å². The van der Waals surface area contributed by atoms with Crippen LogP contribution in [0.25, 0.3) is 0 Å². The van der Waals surface area contributed by atoms with E-state index < -0.39 is 11.8 Å². The summed E-state index contributed by atoms with van der Waals surface area (Å²) in [6.07, 6.45) is 2.25. The number of rotatable bonds is 9. The number of carbonyl (C=O) groups is 1. The third-order valence-corrected chi connectivity index (χ3v) is 6.02. The van der Waals surface area contributed by atoms with Crippen LogP contribution in [0.15, 0.2) is 36.5 Å². The van der Waals surface area contributed by atoms with Gasteiger partial charge in [-0.2, -0.15) is 0 Å². The summed E-state index contributed by atoms with van der Waals surface area (Å²) < 4.78 is 43.6. The Kier molecular flexibility index (Phi) is 6.58. The molecular weight excluding hydrogens is 432 g/mol. The molecule has 178 valence electrons. The Labute approximate surface area is 192 Å². The quantitative estimate of drug-likeness (QED) is 0.609. The lowest BCUT2D eigenvalue weighted by atomic mass is 10.1. The lowest BCUT2D eigenvalue weighted by Crippen LogP contribution is -2.25. The van der Waals surface area contributed by atoms with Crippen molar-refractivity contribution in [1.82, 2.24) is 10.3 Å². The number of nitrogens with one attached hydrogen (secondary N) is 1. The fraction of sp³-hybridized carbons (Fsp3) is 0.500. The highest BCUT2D eigenvalue weighted by molar-refractivity contribution is 5.73. The molecule has 2 fully saturated rings. The Bertz CT molecular complexity index is 986. The van der Waals surface area contributed by atoms with Crippen LogP contribution in [-0.2, 0) is 4.79 Å². The van der Waals surface area contributed by atoms with E-state index in [1.54, 1.807) is 6.20 Å². The molecule has 33 heavy (non-hydrogen) atoms. The molecule has 1 aliphatic heterocycles. The molecule has 0 bridgehead atoms. The maximum atomic E-state index is 13.2. The second kappa shape index (κ2) is 9.41. The Balaban J connectivity index is 1.36. The molecule has 1 aliphatic carbocycles. The number of alkyl halides is 2. The minimum absolute atomic E-state index is 0.0176. The monoisotopic (exact) mass is 461 g/mol. The molecule has 2 aromatic rings. The molecule has 1 aromatic carbocycles. The normalized spacial score (nSPS) is 21.9.